The molecule has 4 aromatic carbocycles. The fourth-order valence-electron chi connectivity index (χ4n) is 14.3. The smallest absolute Gasteiger partial charge is 0.164 e. The number of nitrogens with zero attached hydrogens (tertiary/aromatic N) is 10. The van der Waals surface area contributed by atoms with Crippen molar-refractivity contribution in [2.24, 2.45) is 0 Å². The van der Waals surface area contributed by atoms with Gasteiger partial charge in [-0.2, -0.15) is 0 Å². The molecule has 0 aliphatic carbocycles. The summed E-state index contributed by atoms with van der Waals surface area (Å²) in [6, 6.07) is 19.1. The molecule has 2 aliphatic heterocycles. The number of unbranched alkanes of at least 4 members (excludes halogenated alkanes) is 8. The number of rotatable bonds is 32. The number of nitrogens with one attached hydrogen (secondary N) is 2. The zero-order valence-electron chi connectivity index (χ0n) is 57.9. The molecule has 88 heavy (non-hydrogen) atoms. The van der Waals surface area contributed by atoms with Crippen molar-refractivity contribution in [1.29, 1.82) is 0 Å². The summed E-state index contributed by atoms with van der Waals surface area (Å²) in [6.07, 6.45) is 19.1. The van der Waals surface area contributed by atoms with Crippen LogP contribution in [0.2, 0.25) is 0 Å². The number of benzene rings is 4. The van der Waals surface area contributed by atoms with E-state index in [1.165, 1.54) is 147 Å². The first-order valence-corrected chi connectivity index (χ1v) is 35.0. The van der Waals surface area contributed by atoms with E-state index < -0.39 is 0 Å². The maximum atomic E-state index is 5.71. The summed E-state index contributed by atoms with van der Waals surface area (Å²) >= 11 is 0. The van der Waals surface area contributed by atoms with E-state index in [2.05, 4.69) is 170 Å². The molecular weight excluding hydrogens is 1080 g/mol. The highest BCUT2D eigenvalue weighted by molar-refractivity contribution is 6.07. The Kier molecular flexibility index (Phi) is 21.9. The van der Waals surface area contributed by atoms with Gasteiger partial charge >= 0.3 is 0 Å². The Morgan fingerprint density at radius 3 is 0.716 bits per heavy atom. The minimum Gasteiger partial charge on any atom is -0.324 e. The summed E-state index contributed by atoms with van der Waals surface area (Å²) in [4.78, 5) is 41.8. The highest BCUT2D eigenvalue weighted by Gasteiger charge is 2.31. The Morgan fingerprint density at radius 2 is 0.477 bits per heavy atom. The molecule has 7 aromatic rings. The highest BCUT2D eigenvalue weighted by atomic mass is 15.3. The zero-order chi connectivity index (χ0) is 63.0. The third kappa shape index (κ3) is 15.1. The topological polar surface area (TPSA) is 109 Å². The maximum absolute atomic E-state index is 5.71. The number of H-pyrrole nitrogens is 2. The van der Waals surface area contributed by atoms with Crippen molar-refractivity contribution in [2.45, 2.75) is 212 Å². The SMILES string of the molecule is CCCC[N+](C)(CCCC)Cc1cc2c(cc1C)-c1nc-2nc2[nH]c(nc3nc(nc4[nH]c(n1)c1cc(C[N+](C)(CCCC)CCCC)c(C)cc41)-c1cc(C[N+](C)(CCCC)CCCC)c(C)cc1-3)c1cc(C[N+](C)(CCCC)CCCC)c(C)cc21. The molecule has 2 N–H and O–H groups in total. The molecular formula is C76H114N12+4. The third-order valence-electron chi connectivity index (χ3n) is 20.3. The van der Waals surface area contributed by atoms with E-state index in [4.69, 9.17) is 29.9 Å². The van der Waals surface area contributed by atoms with Crippen LogP contribution in [-0.4, -0.2) is 138 Å². The molecule has 0 saturated heterocycles. The molecule has 9 rings (SSSR count). The molecule has 12 nitrogen and oxygen atoms in total. The number of aromatic amines is 2. The number of fused-ring (bicyclic) bond motifs is 20. The minimum absolute atomic E-state index is 0.662. The monoisotopic (exact) mass is 1190 g/mol. The second-order valence-electron chi connectivity index (χ2n) is 28.6. The van der Waals surface area contributed by atoms with Crippen LogP contribution in [0.4, 0.5) is 0 Å². The first kappa shape index (κ1) is 66.5. The first-order valence-electron chi connectivity index (χ1n) is 35.0. The lowest BCUT2D eigenvalue weighted by atomic mass is 9.98. The van der Waals surface area contributed by atoms with Gasteiger partial charge in [-0.1, -0.05) is 107 Å². The number of hydrogen-bond acceptors (Lipinski definition) is 6. The average molecular weight is 1200 g/mol. The van der Waals surface area contributed by atoms with Crippen LogP contribution in [-0.2, 0) is 26.2 Å². The van der Waals surface area contributed by atoms with E-state index in [1.807, 2.05) is 0 Å². The quantitative estimate of drug-likeness (QED) is 0.0407. The summed E-state index contributed by atoms with van der Waals surface area (Å²) in [6.45, 7) is 40.7. The van der Waals surface area contributed by atoms with Gasteiger partial charge in [-0.3, -0.25) is 0 Å². The summed E-state index contributed by atoms with van der Waals surface area (Å²) in [5.74, 6) is 2.66. The molecule has 3 aromatic heterocycles. The van der Waals surface area contributed by atoms with Crippen LogP contribution in [0, 0.1) is 27.7 Å². The van der Waals surface area contributed by atoms with Crippen LogP contribution in [0.25, 0.3) is 89.7 Å². The van der Waals surface area contributed by atoms with Crippen molar-refractivity contribution in [2.75, 3.05) is 80.5 Å². The van der Waals surface area contributed by atoms with Gasteiger partial charge in [0.05, 0.1) is 80.5 Å². The Morgan fingerprint density at radius 1 is 0.273 bits per heavy atom. The summed E-state index contributed by atoms with van der Waals surface area (Å²) in [5.41, 5.74) is 17.5. The van der Waals surface area contributed by atoms with Gasteiger partial charge in [0.15, 0.2) is 23.3 Å². The summed E-state index contributed by atoms with van der Waals surface area (Å²) in [5, 5.41) is 4.16. The second-order valence-corrected chi connectivity index (χ2v) is 28.6. The Hall–Kier alpha value is -5.92. The standard InChI is InChI=1S/C76H114N12/c1-17-25-33-85(13,34-26-18-2)49-57-45-65-61(41-53(57)9)69-77-73(65)81-70-62-42-54(10)58(50-86(14,35-27-19-3)36-28-20-4)46-66(62)75(78-70)83-72-64-44-56(12)60(52-88(16,39-31-23-7)40-32-24-8)48-68(64)76(80-72)84-71-63-43-55(11)59(47-67(63)74(79-71)82-69)51-87(15,37-29-21-5)38-30-22-6/h41-48H,17-40,49-52H2,1-16H3,(H2,77,78,79,80,81,82,83,84)/q+4. The molecule has 0 spiro atoms. The molecule has 12 heteroatoms. The lowest BCUT2D eigenvalue weighted by molar-refractivity contribution is -0.923. The van der Waals surface area contributed by atoms with E-state index in [9.17, 15) is 0 Å². The lowest BCUT2D eigenvalue weighted by Gasteiger charge is -2.35. The Bertz CT molecular complexity index is 3460. The molecule has 5 heterocycles. The van der Waals surface area contributed by atoms with Gasteiger partial charge in [0, 0.05) is 66.1 Å². The maximum Gasteiger partial charge on any atom is 0.164 e. The number of quaternary nitrogens is 4. The molecule has 0 atom stereocenters. The van der Waals surface area contributed by atoms with Crippen molar-refractivity contribution in [3.8, 4) is 45.6 Å². The van der Waals surface area contributed by atoms with E-state index in [-0.39, 0.29) is 0 Å². The molecule has 0 radical (unpaired) electrons. The Labute approximate surface area is 530 Å². The number of hydrogen-bond donors (Lipinski definition) is 2. The summed E-state index contributed by atoms with van der Waals surface area (Å²) < 4.78 is 4.04. The van der Waals surface area contributed by atoms with Gasteiger partial charge in [0.2, 0.25) is 0 Å². The average Bonchev–Trinajstić information content (AvgIpc) is 1.66. The van der Waals surface area contributed by atoms with Crippen LogP contribution in [0.5, 0.6) is 0 Å². The third-order valence-corrected chi connectivity index (χ3v) is 20.3. The van der Waals surface area contributed by atoms with Gasteiger partial charge in [-0.05, 0) is 150 Å². The van der Waals surface area contributed by atoms with Crippen molar-refractivity contribution >= 4 is 44.1 Å². The molecule has 8 bridgehead atoms. The molecule has 0 amide bonds. The highest BCUT2D eigenvalue weighted by Crippen LogP contribution is 2.41. The van der Waals surface area contributed by atoms with Crippen molar-refractivity contribution in [3.05, 3.63) is 93.0 Å². The van der Waals surface area contributed by atoms with E-state index in [0.717, 1.165) is 163 Å². The van der Waals surface area contributed by atoms with Gasteiger partial charge < -0.3 is 27.9 Å². The van der Waals surface area contributed by atoms with Crippen LogP contribution in [0.3, 0.4) is 0 Å². The minimum atomic E-state index is 0.662. The van der Waals surface area contributed by atoms with Crippen molar-refractivity contribution in [3.63, 3.8) is 0 Å². The van der Waals surface area contributed by atoms with Gasteiger partial charge in [0.1, 0.15) is 48.8 Å². The molecule has 2 aliphatic rings. The van der Waals surface area contributed by atoms with E-state index in [0.29, 0.717) is 23.3 Å². The van der Waals surface area contributed by atoms with E-state index >= 15 is 0 Å². The largest absolute Gasteiger partial charge is 0.324 e. The van der Waals surface area contributed by atoms with E-state index in [1.54, 1.807) is 0 Å². The Balaban J connectivity index is 1.38. The predicted octanol–water partition coefficient (Wildman–Crippen LogP) is 18.3. The van der Waals surface area contributed by atoms with Crippen LogP contribution < -0.4 is 0 Å². The van der Waals surface area contributed by atoms with Crippen molar-refractivity contribution < 1.29 is 17.9 Å². The first-order chi connectivity index (χ1) is 42.2. The number of aromatic nitrogens is 8. The fourth-order valence-corrected chi connectivity index (χ4v) is 14.3. The molecule has 0 fully saturated rings. The van der Waals surface area contributed by atoms with Crippen LogP contribution >= 0.6 is 0 Å². The molecule has 0 saturated carbocycles. The van der Waals surface area contributed by atoms with Gasteiger partial charge in [-0.15, -0.1) is 0 Å². The number of aryl methyl sites for hydroxylation is 4. The van der Waals surface area contributed by atoms with Gasteiger partial charge in [0.25, 0.3) is 0 Å². The fraction of sp³-hybridized carbons (Fsp3) is 0.579. The molecule has 0 unspecified atom stereocenters. The molecule has 474 valence electrons. The zero-order valence-corrected chi connectivity index (χ0v) is 57.9. The summed E-state index contributed by atoms with van der Waals surface area (Å²) in [7, 11) is 9.87. The lowest BCUT2D eigenvalue weighted by Crippen LogP contribution is -2.44. The normalized spacial score (nSPS) is 12.9. The predicted molar refractivity (Wildman–Crippen MR) is 373 cm³/mol. The second kappa shape index (κ2) is 28.9. The van der Waals surface area contributed by atoms with Crippen LogP contribution in [0.15, 0.2) is 48.5 Å². The van der Waals surface area contributed by atoms with Crippen molar-refractivity contribution in [1.82, 2.24) is 39.9 Å². The van der Waals surface area contributed by atoms with Gasteiger partial charge in [-0.25, -0.2) is 29.9 Å². The van der Waals surface area contributed by atoms with Crippen LogP contribution in [0.1, 0.15) is 203 Å².